The van der Waals surface area contributed by atoms with Gasteiger partial charge in [0.05, 0.1) is 16.7 Å². The van der Waals surface area contributed by atoms with Crippen LogP contribution in [0.5, 0.6) is 0 Å². The van der Waals surface area contributed by atoms with Crippen LogP contribution >= 0.6 is 23.2 Å². The van der Waals surface area contributed by atoms with Gasteiger partial charge in [-0.25, -0.2) is 0 Å². The molecule has 1 heterocycles. The first-order chi connectivity index (χ1) is 8.97. The molecule has 1 amide bonds. The summed E-state index contributed by atoms with van der Waals surface area (Å²) in [6.07, 6.45) is 0. The van der Waals surface area contributed by atoms with Crippen molar-refractivity contribution in [2.45, 2.75) is 6.04 Å². The third-order valence-corrected chi connectivity index (χ3v) is 3.76. The molecule has 1 aliphatic heterocycles. The molecule has 100 valence electrons. The molecule has 19 heavy (non-hydrogen) atoms. The molecular formula is C13H13Cl2N3O. The number of nitrogens with zero attached hydrogens (tertiary/aromatic N) is 3. The lowest BCUT2D eigenvalue weighted by atomic mass is 10.1. The number of fused-ring (bicyclic) bond motifs is 1. The minimum atomic E-state index is -0.659. The minimum Gasteiger partial charge on any atom is -0.317 e. The summed E-state index contributed by atoms with van der Waals surface area (Å²) in [7, 11) is 3.82. The molecule has 0 saturated heterocycles. The van der Waals surface area contributed by atoms with E-state index in [1.54, 1.807) is 12.1 Å². The highest BCUT2D eigenvalue weighted by molar-refractivity contribution is 6.37. The number of hydrogen-bond donors (Lipinski definition) is 0. The van der Waals surface area contributed by atoms with Crippen LogP contribution in [0.4, 0.5) is 0 Å². The van der Waals surface area contributed by atoms with E-state index < -0.39 is 6.04 Å². The first kappa shape index (κ1) is 14.1. The van der Waals surface area contributed by atoms with Crippen molar-refractivity contribution in [3.8, 4) is 6.07 Å². The zero-order valence-electron chi connectivity index (χ0n) is 10.7. The third kappa shape index (κ3) is 2.42. The molecule has 0 fully saturated rings. The van der Waals surface area contributed by atoms with E-state index in [0.29, 0.717) is 34.3 Å². The predicted molar refractivity (Wildman–Crippen MR) is 74.4 cm³/mol. The number of benzene rings is 1. The van der Waals surface area contributed by atoms with Gasteiger partial charge in [0.1, 0.15) is 6.04 Å². The molecule has 4 nitrogen and oxygen atoms in total. The van der Waals surface area contributed by atoms with Gasteiger partial charge in [0, 0.05) is 23.7 Å². The van der Waals surface area contributed by atoms with Crippen LogP contribution in [0, 0.1) is 11.3 Å². The summed E-state index contributed by atoms with van der Waals surface area (Å²) in [6, 6.07) is 4.69. The summed E-state index contributed by atoms with van der Waals surface area (Å²) in [4.78, 5) is 15.8. The highest BCUT2D eigenvalue weighted by Gasteiger charge is 2.39. The number of nitriles is 1. The van der Waals surface area contributed by atoms with Gasteiger partial charge < -0.3 is 9.80 Å². The summed E-state index contributed by atoms with van der Waals surface area (Å²) in [5.41, 5.74) is 0.889. The maximum atomic E-state index is 12.4. The van der Waals surface area contributed by atoms with Crippen molar-refractivity contribution in [1.82, 2.24) is 9.80 Å². The highest BCUT2D eigenvalue weighted by Crippen LogP contribution is 2.41. The van der Waals surface area contributed by atoms with Crippen molar-refractivity contribution in [2.24, 2.45) is 0 Å². The molecule has 0 radical (unpaired) electrons. The van der Waals surface area contributed by atoms with Gasteiger partial charge in [-0.15, -0.1) is 0 Å². The molecule has 1 aliphatic rings. The standard InChI is InChI=1S/C13H13Cl2N3O/c1-17(2)5-6-18-10(7-16)11-8(14)3-4-9(15)12(11)13(18)19/h3-4,10H,5-6H2,1-2H3. The first-order valence-corrected chi connectivity index (χ1v) is 6.56. The Morgan fingerprint density at radius 2 is 2.00 bits per heavy atom. The molecule has 0 bridgehead atoms. The number of rotatable bonds is 3. The summed E-state index contributed by atoms with van der Waals surface area (Å²) in [6.45, 7) is 1.14. The van der Waals surface area contributed by atoms with E-state index in [1.807, 2.05) is 19.0 Å². The molecule has 0 N–H and O–H groups in total. The second-order valence-electron chi connectivity index (χ2n) is 4.65. The molecule has 2 rings (SSSR count). The number of amides is 1. The van der Waals surface area contributed by atoms with Crippen molar-refractivity contribution < 1.29 is 4.79 Å². The number of hydrogen-bond acceptors (Lipinski definition) is 3. The Kier molecular flexibility index (Phi) is 4.00. The fourth-order valence-corrected chi connectivity index (χ4v) is 2.65. The van der Waals surface area contributed by atoms with E-state index >= 15 is 0 Å². The van der Waals surface area contributed by atoms with Crippen LogP contribution in [0.25, 0.3) is 0 Å². The smallest absolute Gasteiger partial charge is 0.257 e. The molecule has 0 saturated carbocycles. The van der Waals surface area contributed by atoms with Gasteiger partial charge in [0.2, 0.25) is 0 Å². The maximum absolute atomic E-state index is 12.4. The fraction of sp³-hybridized carbons (Fsp3) is 0.385. The van der Waals surface area contributed by atoms with E-state index in [0.717, 1.165) is 0 Å². The monoisotopic (exact) mass is 297 g/mol. The topological polar surface area (TPSA) is 47.3 Å². The fourth-order valence-electron chi connectivity index (χ4n) is 2.14. The number of halogens is 2. The SMILES string of the molecule is CN(C)CCN1C(=O)c2c(Cl)ccc(Cl)c2C1C#N. The van der Waals surface area contributed by atoms with Crippen LogP contribution in [0.15, 0.2) is 12.1 Å². The summed E-state index contributed by atoms with van der Waals surface area (Å²) in [5.74, 6) is -0.226. The van der Waals surface area contributed by atoms with Gasteiger partial charge in [-0.05, 0) is 26.2 Å². The maximum Gasteiger partial charge on any atom is 0.257 e. The molecule has 1 unspecified atom stereocenters. The Balaban J connectivity index is 2.43. The zero-order valence-corrected chi connectivity index (χ0v) is 12.2. The second-order valence-corrected chi connectivity index (χ2v) is 5.47. The number of carbonyl (C=O) groups excluding carboxylic acids is 1. The Morgan fingerprint density at radius 1 is 1.37 bits per heavy atom. The molecular weight excluding hydrogens is 285 g/mol. The molecule has 0 spiro atoms. The van der Waals surface area contributed by atoms with Gasteiger partial charge in [-0.3, -0.25) is 4.79 Å². The van der Waals surface area contributed by atoms with Crippen molar-refractivity contribution >= 4 is 29.1 Å². The van der Waals surface area contributed by atoms with Crippen LogP contribution in [-0.4, -0.2) is 42.9 Å². The van der Waals surface area contributed by atoms with Gasteiger partial charge in [-0.2, -0.15) is 5.26 Å². The lowest BCUT2D eigenvalue weighted by Crippen LogP contribution is -2.34. The normalized spacial score (nSPS) is 17.8. The highest BCUT2D eigenvalue weighted by atomic mass is 35.5. The molecule has 0 aromatic heterocycles. The van der Waals surface area contributed by atoms with E-state index in [1.165, 1.54) is 4.90 Å². The molecule has 1 atom stereocenters. The predicted octanol–water partition coefficient (Wildman–Crippen LogP) is 2.58. The van der Waals surface area contributed by atoms with Crippen LogP contribution in [0.1, 0.15) is 22.0 Å². The Labute approximate surface area is 122 Å². The summed E-state index contributed by atoms with van der Waals surface area (Å²) < 4.78 is 0. The van der Waals surface area contributed by atoms with E-state index in [-0.39, 0.29) is 5.91 Å². The zero-order chi connectivity index (χ0) is 14.2. The van der Waals surface area contributed by atoms with Crippen molar-refractivity contribution in [1.29, 1.82) is 5.26 Å². The molecule has 0 aliphatic carbocycles. The summed E-state index contributed by atoms with van der Waals surface area (Å²) >= 11 is 12.2. The Bertz CT molecular complexity index is 566. The third-order valence-electron chi connectivity index (χ3n) is 3.11. The van der Waals surface area contributed by atoms with Crippen LogP contribution in [-0.2, 0) is 0 Å². The molecule has 6 heteroatoms. The van der Waals surface area contributed by atoms with Crippen LogP contribution in [0.2, 0.25) is 10.0 Å². The van der Waals surface area contributed by atoms with E-state index in [9.17, 15) is 10.1 Å². The summed E-state index contributed by atoms with van der Waals surface area (Å²) in [5, 5.41) is 10.1. The second kappa shape index (κ2) is 5.38. The lowest BCUT2D eigenvalue weighted by Gasteiger charge is -2.22. The van der Waals surface area contributed by atoms with Crippen molar-refractivity contribution in [3.63, 3.8) is 0 Å². The van der Waals surface area contributed by atoms with E-state index in [2.05, 4.69) is 6.07 Å². The van der Waals surface area contributed by atoms with Gasteiger partial charge >= 0.3 is 0 Å². The first-order valence-electron chi connectivity index (χ1n) is 5.80. The molecule has 1 aromatic carbocycles. The Hall–Kier alpha value is -1.28. The lowest BCUT2D eigenvalue weighted by molar-refractivity contribution is 0.0746. The Morgan fingerprint density at radius 3 is 2.58 bits per heavy atom. The quantitative estimate of drug-likeness (QED) is 0.861. The van der Waals surface area contributed by atoms with Crippen molar-refractivity contribution in [2.75, 3.05) is 27.2 Å². The largest absolute Gasteiger partial charge is 0.317 e. The van der Waals surface area contributed by atoms with Gasteiger partial charge in [0.15, 0.2) is 0 Å². The van der Waals surface area contributed by atoms with Crippen LogP contribution < -0.4 is 0 Å². The van der Waals surface area contributed by atoms with Gasteiger partial charge in [-0.1, -0.05) is 23.2 Å². The van der Waals surface area contributed by atoms with Crippen molar-refractivity contribution in [3.05, 3.63) is 33.3 Å². The average Bonchev–Trinajstić information content (AvgIpc) is 2.65. The number of carbonyl (C=O) groups is 1. The van der Waals surface area contributed by atoms with Crippen LogP contribution in [0.3, 0.4) is 0 Å². The average molecular weight is 298 g/mol. The van der Waals surface area contributed by atoms with Gasteiger partial charge in [0.25, 0.3) is 5.91 Å². The minimum absolute atomic E-state index is 0.226. The molecule has 1 aromatic rings. The van der Waals surface area contributed by atoms with E-state index in [4.69, 9.17) is 23.2 Å². The number of likely N-dealkylation sites (N-methyl/N-ethyl adjacent to an activating group) is 1.